The lowest BCUT2D eigenvalue weighted by molar-refractivity contribution is 1.04. The van der Waals surface area contributed by atoms with Crippen LogP contribution in [0.15, 0.2) is 57.1 Å². The minimum absolute atomic E-state index is 0.644. The van der Waals surface area contributed by atoms with Gasteiger partial charge in [0.15, 0.2) is 0 Å². The first-order chi connectivity index (χ1) is 10.3. The van der Waals surface area contributed by atoms with Crippen LogP contribution in [0, 0.1) is 0 Å². The number of hydrogen-bond donors (Lipinski definition) is 1. The van der Waals surface area contributed by atoms with Gasteiger partial charge in [-0.15, -0.1) is 0 Å². The molecule has 0 saturated carbocycles. The Morgan fingerprint density at radius 1 is 1.10 bits per heavy atom. The number of rotatable bonds is 4. The summed E-state index contributed by atoms with van der Waals surface area (Å²) in [5.74, 6) is 0.644. The second kappa shape index (κ2) is 6.41. The van der Waals surface area contributed by atoms with Crippen molar-refractivity contribution in [2.45, 2.75) is 17.0 Å². The molecule has 0 atom stereocenters. The van der Waals surface area contributed by atoms with Gasteiger partial charge in [-0.1, -0.05) is 18.2 Å². The van der Waals surface area contributed by atoms with E-state index >= 15 is 0 Å². The first-order valence-electron chi connectivity index (χ1n) is 6.57. The maximum atomic E-state index is 4.61. The topological polar surface area (TPSA) is 50.7 Å². The van der Waals surface area contributed by atoms with E-state index in [4.69, 9.17) is 0 Å². The lowest BCUT2D eigenvalue weighted by atomic mass is 10.2. The summed E-state index contributed by atoms with van der Waals surface area (Å²) in [6.45, 7) is 2.82. The van der Waals surface area contributed by atoms with Gasteiger partial charge in [-0.25, -0.2) is 15.0 Å². The highest BCUT2D eigenvalue weighted by atomic mass is 79.9. The Kier molecular flexibility index (Phi) is 4.36. The summed E-state index contributed by atoms with van der Waals surface area (Å²) in [4.78, 5) is 13.5. The SMILES string of the molecule is CCNc1nc(Sc2ncccc2Br)c2ccccc2n1. The Morgan fingerprint density at radius 2 is 1.95 bits per heavy atom. The normalized spacial score (nSPS) is 10.8. The predicted octanol–water partition coefficient (Wildman–Crippen LogP) is 4.37. The zero-order chi connectivity index (χ0) is 14.7. The van der Waals surface area contributed by atoms with Gasteiger partial charge in [0.1, 0.15) is 10.1 Å². The van der Waals surface area contributed by atoms with E-state index in [9.17, 15) is 0 Å². The number of halogens is 1. The quantitative estimate of drug-likeness (QED) is 0.700. The molecule has 0 aliphatic heterocycles. The third-order valence-corrected chi connectivity index (χ3v) is 4.75. The molecule has 106 valence electrons. The fourth-order valence-electron chi connectivity index (χ4n) is 1.90. The summed E-state index contributed by atoms with van der Waals surface area (Å²) in [5, 5.41) is 5.99. The van der Waals surface area contributed by atoms with Crippen molar-refractivity contribution in [3.63, 3.8) is 0 Å². The molecule has 0 radical (unpaired) electrons. The molecule has 0 spiro atoms. The van der Waals surface area contributed by atoms with Crippen molar-refractivity contribution < 1.29 is 0 Å². The van der Waals surface area contributed by atoms with Gasteiger partial charge in [0.05, 0.1) is 9.99 Å². The molecular formula is C15H13BrN4S. The number of anilines is 1. The van der Waals surface area contributed by atoms with Crippen molar-refractivity contribution >= 4 is 44.5 Å². The first kappa shape index (κ1) is 14.3. The zero-order valence-corrected chi connectivity index (χ0v) is 13.8. The molecule has 0 saturated heterocycles. The van der Waals surface area contributed by atoms with Crippen molar-refractivity contribution in [1.82, 2.24) is 15.0 Å². The monoisotopic (exact) mass is 360 g/mol. The molecule has 4 nitrogen and oxygen atoms in total. The molecule has 21 heavy (non-hydrogen) atoms. The Balaban J connectivity index is 2.09. The first-order valence-corrected chi connectivity index (χ1v) is 8.18. The molecule has 0 bridgehead atoms. The Hall–Kier alpha value is -1.66. The molecule has 0 aliphatic rings. The van der Waals surface area contributed by atoms with Crippen LogP contribution in [0.5, 0.6) is 0 Å². The van der Waals surface area contributed by atoms with Gasteiger partial charge in [-0.2, -0.15) is 0 Å². The Bertz CT molecular complexity index is 778. The van der Waals surface area contributed by atoms with Gasteiger partial charge in [-0.05, 0) is 52.8 Å². The number of benzene rings is 1. The van der Waals surface area contributed by atoms with Crippen molar-refractivity contribution in [3.8, 4) is 0 Å². The van der Waals surface area contributed by atoms with Crippen molar-refractivity contribution in [1.29, 1.82) is 0 Å². The molecule has 2 heterocycles. The maximum absolute atomic E-state index is 4.61. The smallest absolute Gasteiger partial charge is 0.224 e. The summed E-state index contributed by atoms with van der Waals surface area (Å²) in [6.07, 6.45) is 1.78. The fraction of sp³-hybridized carbons (Fsp3) is 0.133. The van der Waals surface area contributed by atoms with Crippen molar-refractivity contribution in [2.24, 2.45) is 0 Å². The zero-order valence-electron chi connectivity index (χ0n) is 11.4. The van der Waals surface area contributed by atoms with Gasteiger partial charge >= 0.3 is 0 Å². The number of nitrogens with zero attached hydrogens (tertiary/aromatic N) is 3. The highest BCUT2D eigenvalue weighted by molar-refractivity contribution is 9.10. The van der Waals surface area contributed by atoms with Gasteiger partial charge in [0.2, 0.25) is 5.95 Å². The van der Waals surface area contributed by atoms with E-state index < -0.39 is 0 Å². The molecule has 1 N–H and O–H groups in total. The predicted molar refractivity (Wildman–Crippen MR) is 89.8 cm³/mol. The van der Waals surface area contributed by atoms with Crippen LogP contribution in [-0.4, -0.2) is 21.5 Å². The van der Waals surface area contributed by atoms with Gasteiger partial charge < -0.3 is 5.32 Å². The van der Waals surface area contributed by atoms with E-state index in [1.807, 2.05) is 43.3 Å². The lowest BCUT2D eigenvalue weighted by Crippen LogP contribution is -2.03. The van der Waals surface area contributed by atoms with Crippen LogP contribution in [0.3, 0.4) is 0 Å². The van der Waals surface area contributed by atoms with E-state index in [0.717, 1.165) is 32.0 Å². The highest BCUT2D eigenvalue weighted by Gasteiger charge is 2.11. The summed E-state index contributed by atoms with van der Waals surface area (Å²) < 4.78 is 0.961. The van der Waals surface area contributed by atoms with Gasteiger partial charge in [-0.3, -0.25) is 0 Å². The Morgan fingerprint density at radius 3 is 2.76 bits per heavy atom. The van der Waals surface area contributed by atoms with Gasteiger partial charge in [0.25, 0.3) is 0 Å². The third kappa shape index (κ3) is 3.16. The number of pyridine rings is 1. The van der Waals surface area contributed by atoms with Crippen molar-refractivity contribution in [3.05, 3.63) is 47.1 Å². The molecule has 6 heteroatoms. The van der Waals surface area contributed by atoms with E-state index in [1.54, 1.807) is 6.20 Å². The van der Waals surface area contributed by atoms with Crippen LogP contribution in [0.2, 0.25) is 0 Å². The van der Waals surface area contributed by atoms with E-state index in [-0.39, 0.29) is 0 Å². The second-order valence-electron chi connectivity index (χ2n) is 4.29. The third-order valence-electron chi connectivity index (χ3n) is 2.82. The number of fused-ring (bicyclic) bond motifs is 1. The van der Waals surface area contributed by atoms with Gasteiger partial charge in [0, 0.05) is 18.1 Å². The highest BCUT2D eigenvalue weighted by Crippen LogP contribution is 2.34. The van der Waals surface area contributed by atoms with E-state index in [0.29, 0.717) is 5.95 Å². The largest absolute Gasteiger partial charge is 0.354 e. The number of nitrogens with one attached hydrogen (secondary N) is 1. The summed E-state index contributed by atoms with van der Waals surface area (Å²) >= 11 is 5.06. The van der Waals surface area contributed by atoms with Crippen LogP contribution in [-0.2, 0) is 0 Å². The minimum Gasteiger partial charge on any atom is -0.354 e. The van der Waals surface area contributed by atoms with E-state index in [2.05, 4.69) is 36.2 Å². The van der Waals surface area contributed by atoms with Crippen LogP contribution < -0.4 is 5.32 Å². The average Bonchev–Trinajstić information content (AvgIpc) is 2.50. The summed E-state index contributed by atoms with van der Waals surface area (Å²) in [7, 11) is 0. The molecule has 0 fully saturated rings. The number of aromatic nitrogens is 3. The van der Waals surface area contributed by atoms with Crippen LogP contribution in [0.1, 0.15) is 6.92 Å². The molecule has 3 rings (SSSR count). The summed E-state index contributed by atoms with van der Waals surface area (Å²) in [5.41, 5.74) is 0.929. The molecule has 0 amide bonds. The number of hydrogen-bond acceptors (Lipinski definition) is 5. The number of para-hydroxylation sites is 1. The standard InChI is InChI=1S/C15H13BrN4S/c1-2-17-15-19-12-8-4-3-6-10(12)13(20-15)21-14-11(16)7-5-9-18-14/h3-9H,2H2,1H3,(H,17,19,20). The molecule has 1 aromatic carbocycles. The molecule has 0 unspecified atom stereocenters. The fourth-order valence-corrected chi connectivity index (χ4v) is 3.28. The molecular weight excluding hydrogens is 348 g/mol. The molecule has 2 aromatic heterocycles. The molecule has 0 aliphatic carbocycles. The lowest BCUT2D eigenvalue weighted by Gasteiger charge is -2.09. The average molecular weight is 361 g/mol. The van der Waals surface area contributed by atoms with Crippen molar-refractivity contribution in [2.75, 3.05) is 11.9 Å². The minimum atomic E-state index is 0.644. The Labute approximate surface area is 135 Å². The molecule has 3 aromatic rings. The summed E-state index contributed by atoms with van der Waals surface area (Å²) in [6, 6.07) is 11.9. The van der Waals surface area contributed by atoms with Crippen LogP contribution in [0.4, 0.5) is 5.95 Å². The maximum Gasteiger partial charge on any atom is 0.224 e. The van der Waals surface area contributed by atoms with Crippen LogP contribution >= 0.6 is 27.7 Å². The van der Waals surface area contributed by atoms with E-state index in [1.165, 1.54) is 11.8 Å². The van der Waals surface area contributed by atoms with Crippen LogP contribution in [0.25, 0.3) is 10.9 Å². The second-order valence-corrected chi connectivity index (χ2v) is 6.12.